The lowest BCUT2D eigenvalue weighted by molar-refractivity contribution is -0.137. The topological polar surface area (TPSA) is 72.5 Å². The van der Waals surface area contributed by atoms with Gasteiger partial charge in [-0.1, -0.05) is 11.6 Å². The fourth-order valence-corrected chi connectivity index (χ4v) is 1.62. The number of methoxy groups -OCH3 is 1. The van der Waals surface area contributed by atoms with Crippen LogP contribution in [0.3, 0.4) is 0 Å². The van der Waals surface area contributed by atoms with Gasteiger partial charge in [-0.3, -0.25) is 4.79 Å². The third-order valence-corrected chi connectivity index (χ3v) is 2.61. The summed E-state index contributed by atoms with van der Waals surface area (Å²) >= 11 is 5.68. The Morgan fingerprint density at radius 2 is 2.29 bits per heavy atom. The molecule has 1 atom stereocenters. The van der Waals surface area contributed by atoms with E-state index >= 15 is 0 Å². The summed E-state index contributed by atoms with van der Waals surface area (Å²) in [4.78, 5) is 10.4. The fraction of sp³-hybridized carbons (Fsp3) is 0.364. The van der Waals surface area contributed by atoms with E-state index in [1.54, 1.807) is 0 Å². The number of hydrogen-bond donors (Lipinski definition) is 2. The molecular formula is C11H13ClFNO3. The highest BCUT2D eigenvalue weighted by Gasteiger charge is 2.17. The van der Waals surface area contributed by atoms with Gasteiger partial charge in [-0.25, -0.2) is 4.39 Å². The highest BCUT2D eigenvalue weighted by molar-refractivity contribution is 6.31. The summed E-state index contributed by atoms with van der Waals surface area (Å²) in [6, 6.07) is 2.04. The van der Waals surface area contributed by atoms with Crippen LogP contribution >= 0.6 is 11.6 Å². The molecular weight excluding hydrogens is 249 g/mol. The van der Waals surface area contributed by atoms with Crippen molar-refractivity contribution in [3.05, 3.63) is 28.5 Å². The van der Waals surface area contributed by atoms with E-state index in [0.29, 0.717) is 5.75 Å². The summed E-state index contributed by atoms with van der Waals surface area (Å²) in [7, 11) is 1.43. The molecule has 0 saturated carbocycles. The standard InChI is InChI=1S/C11H13ClFNO3/c1-17-6-4-7(11(13)8(12)5-6)9(14)2-3-10(15)16/h4-5,9H,2-3,14H2,1H3,(H,15,16). The van der Waals surface area contributed by atoms with E-state index < -0.39 is 17.8 Å². The maximum Gasteiger partial charge on any atom is 0.303 e. The first-order chi connectivity index (χ1) is 7.95. The van der Waals surface area contributed by atoms with Crippen LogP contribution in [0, 0.1) is 5.82 Å². The van der Waals surface area contributed by atoms with Gasteiger partial charge in [0.15, 0.2) is 0 Å². The van der Waals surface area contributed by atoms with Crippen molar-refractivity contribution in [2.45, 2.75) is 18.9 Å². The van der Waals surface area contributed by atoms with E-state index in [4.69, 9.17) is 27.2 Å². The minimum absolute atomic E-state index is 0.0925. The summed E-state index contributed by atoms with van der Waals surface area (Å²) in [5, 5.41) is 8.44. The van der Waals surface area contributed by atoms with E-state index in [1.165, 1.54) is 19.2 Å². The fourth-order valence-electron chi connectivity index (χ4n) is 1.41. The molecule has 0 fully saturated rings. The molecule has 1 unspecified atom stereocenters. The van der Waals surface area contributed by atoms with Gasteiger partial charge >= 0.3 is 5.97 Å². The van der Waals surface area contributed by atoms with Crippen molar-refractivity contribution in [1.29, 1.82) is 0 Å². The molecule has 0 saturated heterocycles. The van der Waals surface area contributed by atoms with E-state index in [2.05, 4.69) is 0 Å². The molecule has 17 heavy (non-hydrogen) atoms. The molecule has 1 aromatic rings. The Balaban J connectivity index is 2.95. The number of ether oxygens (including phenoxy) is 1. The van der Waals surface area contributed by atoms with Crippen LogP contribution in [0.1, 0.15) is 24.4 Å². The zero-order chi connectivity index (χ0) is 13.0. The second kappa shape index (κ2) is 5.84. The minimum Gasteiger partial charge on any atom is -0.497 e. The second-order valence-electron chi connectivity index (χ2n) is 3.55. The largest absolute Gasteiger partial charge is 0.497 e. The molecule has 0 bridgehead atoms. The van der Waals surface area contributed by atoms with Gasteiger partial charge in [-0.2, -0.15) is 0 Å². The van der Waals surface area contributed by atoms with Crippen LogP contribution in [0.5, 0.6) is 5.75 Å². The summed E-state index contributed by atoms with van der Waals surface area (Å²) in [5.74, 6) is -1.22. The number of benzene rings is 1. The monoisotopic (exact) mass is 261 g/mol. The average Bonchev–Trinajstić information content (AvgIpc) is 2.29. The molecule has 0 spiro atoms. The first-order valence-corrected chi connectivity index (χ1v) is 5.33. The van der Waals surface area contributed by atoms with Gasteiger partial charge in [0.2, 0.25) is 0 Å². The van der Waals surface area contributed by atoms with Crippen LogP contribution in [0.15, 0.2) is 12.1 Å². The lowest BCUT2D eigenvalue weighted by Gasteiger charge is -2.14. The van der Waals surface area contributed by atoms with Gasteiger partial charge in [0.05, 0.1) is 12.1 Å². The number of rotatable bonds is 5. The van der Waals surface area contributed by atoms with E-state index in [0.717, 1.165) is 0 Å². The molecule has 0 radical (unpaired) electrons. The molecule has 0 amide bonds. The summed E-state index contributed by atoms with van der Waals surface area (Å²) < 4.78 is 18.6. The van der Waals surface area contributed by atoms with Crippen molar-refractivity contribution in [3.63, 3.8) is 0 Å². The summed E-state index contributed by atoms with van der Waals surface area (Å²) in [5.41, 5.74) is 5.88. The number of carboxylic acid groups (broad SMARTS) is 1. The lowest BCUT2D eigenvalue weighted by atomic mass is 10.0. The Morgan fingerprint density at radius 1 is 1.65 bits per heavy atom. The molecule has 94 valence electrons. The molecule has 6 heteroatoms. The van der Waals surface area contributed by atoms with E-state index in [9.17, 15) is 9.18 Å². The third kappa shape index (κ3) is 3.57. The molecule has 0 heterocycles. The van der Waals surface area contributed by atoms with Crippen molar-refractivity contribution in [1.82, 2.24) is 0 Å². The molecule has 0 aliphatic heterocycles. The normalized spacial score (nSPS) is 12.2. The highest BCUT2D eigenvalue weighted by Crippen LogP contribution is 2.29. The first kappa shape index (κ1) is 13.7. The predicted octanol–water partition coefficient (Wildman–Crippen LogP) is 2.35. The number of carboxylic acids is 1. The Kier molecular flexibility index (Phi) is 4.72. The quantitative estimate of drug-likeness (QED) is 0.853. The molecule has 1 rings (SSSR count). The maximum absolute atomic E-state index is 13.7. The van der Waals surface area contributed by atoms with Gasteiger partial charge in [-0.05, 0) is 12.5 Å². The van der Waals surface area contributed by atoms with Crippen LogP contribution in [0.25, 0.3) is 0 Å². The van der Waals surface area contributed by atoms with E-state index in [1.807, 2.05) is 0 Å². The SMILES string of the molecule is COc1cc(Cl)c(F)c(C(N)CCC(=O)O)c1. The second-order valence-corrected chi connectivity index (χ2v) is 3.96. The van der Waals surface area contributed by atoms with Crippen molar-refractivity contribution in [2.24, 2.45) is 5.73 Å². The van der Waals surface area contributed by atoms with Crippen LogP contribution in [0.2, 0.25) is 5.02 Å². The van der Waals surface area contributed by atoms with Gasteiger partial charge in [0.25, 0.3) is 0 Å². The number of nitrogens with two attached hydrogens (primary N) is 1. The van der Waals surface area contributed by atoms with Gasteiger partial charge < -0.3 is 15.6 Å². The molecule has 0 aliphatic rings. The molecule has 0 aromatic heterocycles. The number of hydrogen-bond acceptors (Lipinski definition) is 3. The van der Waals surface area contributed by atoms with Crippen LogP contribution in [0.4, 0.5) is 4.39 Å². The van der Waals surface area contributed by atoms with Gasteiger partial charge in [0, 0.05) is 24.1 Å². The highest BCUT2D eigenvalue weighted by atomic mass is 35.5. The Labute approximate surface area is 103 Å². The van der Waals surface area contributed by atoms with Crippen molar-refractivity contribution in [3.8, 4) is 5.75 Å². The van der Waals surface area contributed by atoms with Crippen LogP contribution in [-0.2, 0) is 4.79 Å². The maximum atomic E-state index is 13.7. The van der Waals surface area contributed by atoms with E-state index in [-0.39, 0.29) is 23.4 Å². The van der Waals surface area contributed by atoms with Gasteiger partial charge in [0.1, 0.15) is 11.6 Å². The number of aliphatic carboxylic acids is 1. The summed E-state index contributed by atoms with van der Waals surface area (Å²) in [6.45, 7) is 0. The predicted molar refractivity (Wildman–Crippen MR) is 61.8 cm³/mol. The van der Waals surface area contributed by atoms with Gasteiger partial charge in [-0.15, -0.1) is 0 Å². The number of halogens is 2. The van der Waals surface area contributed by atoms with Crippen molar-refractivity contribution < 1.29 is 19.0 Å². The molecule has 3 N–H and O–H groups in total. The summed E-state index contributed by atoms with van der Waals surface area (Å²) in [6.07, 6.45) is 0.00514. The zero-order valence-electron chi connectivity index (χ0n) is 9.24. The smallest absolute Gasteiger partial charge is 0.303 e. The lowest BCUT2D eigenvalue weighted by Crippen LogP contribution is -2.14. The molecule has 4 nitrogen and oxygen atoms in total. The van der Waals surface area contributed by atoms with Crippen molar-refractivity contribution >= 4 is 17.6 Å². The Hall–Kier alpha value is -1.33. The third-order valence-electron chi connectivity index (χ3n) is 2.33. The average molecular weight is 262 g/mol. The Morgan fingerprint density at radius 3 is 2.82 bits per heavy atom. The number of carbonyl (C=O) groups is 1. The molecule has 1 aromatic carbocycles. The first-order valence-electron chi connectivity index (χ1n) is 4.96. The van der Waals surface area contributed by atoms with Crippen LogP contribution in [-0.4, -0.2) is 18.2 Å². The van der Waals surface area contributed by atoms with Crippen LogP contribution < -0.4 is 10.5 Å². The minimum atomic E-state index is -0.977. The van der Waals surface area contributed by atoms with Crippen molar-refractivity contribution in [2.75, 3.05) is 7.11 Å². The zero-order valence-corrected chi connectivity index (χ0v) is 10.00. The molecule has 0 aliphatic carbocycles. The Bertz CT molecular complexity index is 425.